The molecule has 0 aromatic carbocycles. The van der Waals surface area contributed by atoms with Gasteiger partial charge in [-0.2, -0.15) is 5.10 Å². The van der Waals surface area contributed by atoms with Crippen LogP contribution >= 0.6 is 11.3 Å². The molecule has 2 heterocycles. The summed E-state index contributed by atoms with van der Waals surface area (Å²) in [6.07, 6.45) is 4.68. The lowest BCUT2D eigenvalue weighted by Crippen LogP contribution is -2.37. The number of fused-ring (bicyclic) bond motifs is 1. The average molecular weight is 374 g/mol. The van der Waals surface area contributed by atoms with Gasteiger partial charge >= 0.3 is 0 Å². The molecule has 140 valence electrons. The Kier molecular flexibility index (Phi) is 5.58. The standard InChI is InChI=1S/C19H27N5OS/c1-6-9-24-16-8-7-14(23(5)11-17-20-13(2)12-26-17)10-15(16)18(21-24)19(25)22(3)4/h6,12,14H,1,7-11H2,2-5H3. The van der Waals surface area contributed by atoms with Gasteiger partial charge in [0.1, 0.15) is 5.01 Å². The minimum atomic E-state index is -0.0251. The number of carbonyl (C=O) groups is 1. The van der Waals surface area contributed by atoms with Crippen LogP contribution in [0.5, 0.6) is 0 Å². The van der Waals surface area contributed by atoms with Crippen molar-refractivity contribution in [3.63, 3.8) is 0 Å². The Morgan fingerprint density at radius 2 is 2.23 bits per heavy atom. The molecule has 0 saturated carbocycles. The van der Waals surface area contributed by atoms with E-state index in [1.54, 1.807) is 30.3 Å². The van der Waals surface area contributed by atoms with E-state index in [0.29, 0.717) is 18.3 Å². The van der Waals surface area contributed by atoms with Crippen molar-refractivity contribution in [1.82, 2.24) is 24.6 Å². The van der Waals surface area contributed by atoms with E-state index in [1.807, 2.05) is 17.7 Å². The monoisotopic (exact) mass is 373 g/mol. The number of carbonyl (C=O) groups excluding carboxylic acids is 1. The lowest BCUT2D eigenvalue weighted by Gasteiger charge is -2.31. The molecule has 26 heavy (non-hydrogen) atoms. The van der Waals surface area contributed by atoms with E-state index in [4.69, 9.17) is 0 Å². The molecule has 0 spiro atoms. The van der Waals surface area contributed by atoms with Gasteiger partial charge < -0.3 is 4.90 Å². The second kappa shape index (κ2) is 7.72. The molecule has 3 rings (SSSR count). The molecule has 0 fully saturated rings. The lowest BCUT2D eigenvalue weighted by molar-refractivity contribution is 0.0819. The Balaban J connectivity index is 1.83. The van der Waals surface area contributed by atoms with Crippen molar-refractivity contribution in [2.45, 2.75) is 45.3 Å². The smallest absolute Gasteiger partial charge is 0.274 e. The molecule has 1 unspecified atom stereocenters. The molecule has 0 N–H and O–H groups in total. The van der Waals surface area contributed by atoms with Gasteiger partial charge in [-0.3, -0.25) is 14.4 Å². The quantitative estimate of drug-likeness (QED) is 0.730. The molecule has 2 aromatic rings. The van der Waals surface area contributed by atoms with Crippen LogP contribution in [0.25, 0.3) is 0 Å². The minimum Gasteiger partial charge on any atom is -0.343 e. The molecule has 6 nitrogen and oxygen atoms in total. The fraction of sp³-hybridized carbons (Fsp3) is 0.526. The van der Waals surface area contributed by atoms with Crippen LogP contribution in [-0.4, -0.2) is 57.7 Å². The van der Waals surface area contributed by atoms with Gasteiger partial charge in [0.15, 0.2) is 5.69 Å². The Morgan fingerprint density at radius 3 is 2.85 bits per heavy atom. The summed E-state index contributed by atoms with van der Waals surface area (Å²) in [7, 11) is 5.70. The van der Waals surface area contributed by atoms with Crippen molar-refractivity contribution in [2.24, 2.45) is 0 Å². The van der Waals surface area contributed by atoms with Gasteiger partial charge in [-0.15, -0.1) is 17.9 Å². The summed E-state index contributed by atoms with van der Waals surface area (Å²) in [4.78, 5) is 21.1. The fourth-order valence-corrected chi connectivity index (χ4v) is 4.35. The zero-order chi connectivity index (χ0) is 18.8. The fourth-order valence-electron chi connectivity index (χ4n) is 3.52. The second-order valence-electron chi connectivity index (χ2n) is 7.14. The number of thiazole rings is 1. The first-order chi connectivity index (χ1) is 12.4. The summed E-state index contributed by atoms with van der Waals surface area (Å²) in [5.41, 5.74) is 3.96. The first-order valence-corrected chi connectivity index (χ1v) is 9.81. The van der Waals surface area contributed by atoms with Gasteiger partial charge in [0.05, 0.1) is 13.1 Å². The Hall–Kier alpha value is -1.99. The Labute approximate surface area is 159 Å². The first-order valence-electron chi connectivity index (χ1n) is 8.93. The predicted molar refractivity (Wildman–Crippen MR) is 105 cm³/mol. The molecular weight excluding hydrogens is 346 g/mol. The van der Waals surface area contributed by atoms with Crippen LogP contribution < -0.4 is 0 Å². The van der Waals surface area contributed by atoms with E-state index < -0.39 is 0 Å². The molecule has 1 aliphatic rings. The molecule has 1 atom stereocenters. The number of rotatable bonds is 6. The van der Waals surface area contributed by atoms with Crippen LogP contribution in [0.15, 0.2) is 18.0 Å². The number of aryl methyl sites for hydroxylation is 1. The highest BCUT2D eigenvalue weighted by atomic mass is 32.1. The third-order valence-corrected chi connectivity index (χ3v) is 5.86. The van der Waals surface area contributed by atoms with Gasteiger partial charge in [0.25, 0.3) is 5.91 Å². The molecule has 7 heteroatoms. The van der Waals surface area contributed by atoms with Crippen molar-refractivity contribution < 1.29 is 4.79 Å². The van der Waals surface area contributed by atoms with E-state index >= 15 is 0 Å². The van der Waals surface area contributed by atoms with Gasteiger partial charge in [0, 0.05) is 42.5 Å². The van der Waals surface area contributed by atoms with E-state index in [2.05, 4.69) is 34.0 Å². The molecule has 2 aromatic heterocycles. The topological polar surface area (TPSA) is 54.3 Å². The lowest BCUT2D eigenvalue weighted by atomic mass is 9.90. The molecule has 0 bridgehead atoms. The molecule has 1 aliphatic carbocycles. The van der Waals surface area contributed by atoms with E-state index in [-0.39, 0.29) is 5.91 Å². The van der Waals surface area contributed by atoms with Gasteiger partial charge in [-0.05, 0) is 33.2 Å². The zero-order valence-electron chi connectivity index (χ0n) is 16.0. The highest BCUT2D eigenvalue weighted by molar-refractivity contribution is 7.09. The Bertz CT molecular complexity index is 807. The van der Waals surface area contributed by atoms with Crippen LogP contribution in [-0.2, 0) is 25.9 Å². The van der Waals surface area contributed by atoms with Gasteiger partial charge in [0.2, 0.25) is 0 Å². The molecular formula is C19H27N5OS. The Morgan fingerprint density at radius 1 is 1.46 bits per heavy atom. The van der Waals surface area contributed by atoms with Crippen LogP contribution in [0.2, 0.25) is 0 Å². The van der Waals surface area contributed by atoms with Crippen molar-refractivity contribution in [1.29, 1.82) is 0 Å². The number of amides is 1. The average Bonchev–Trinajstić information content (AvgIpc) is 3.17. The summed E-state index contributed by atoms with van der Waals surface area (Å²) >= 11 is 1.71. The summed E-state index contributed by atoms with van der Waals surface area (Å²) in [6, 6.07) is 0.391. The number of allylic oxidation sites excluding steroid dienone is 1. The van der Waals surface area contributed by atoms with Crippen LogP contribution in [0.4, 0.5) is 0 Å². The SMILES string of the molecule is C=CCn1nc(C(=O)N(C)C)c2c1CCC(N(C)Cc1nc(C)cs1)C2. The van der Waals surface area contributed by atoms with Crippen LogP contribution in [0, 0.1) is 6.92 Å². The van der Waals surface area contributed by atoms with E-state index in [1.165, 1.54) is 5.69 Å². The molecule has 0 radical (unpaired) electrons. The van der Waals surface area contributed by atoms with E-state index in [9.17, 15) is 4.79 Å². The maximum absolute atomic E-state index is 12.6. The second-order valence-corrected chi connectivity index (χ2v) is 8.08. The van der Waals surface area contributed by atoms with Crippen molar-refractivity contribution in [2.75, 3.05) is 21.1 Å². The third-order valence-electron chi connectivity index (χ3n) is 4.91. The van der Waals surface area contributed by atoms with E-state index in [0.717, 1.165) is 42.1 Å². The highest BCUT2D eigenvalue weighted by Crippen LogP contribution is 2.28. The zero-order valence-corrected chi connectivity index (χ0v) is 16.8. The number of hydrogen-bond donors (Lipinski definition) is 0. The minimum absolute atomic E-state index is 0.0251. The van der Waals surface area contributed by atoms with Gasteiger partial charge in [-0.25, -0.2) is 4.98 Å². The van der Waals surface area contributed by atoms with Crippen LogP contribution in [0.1, 0.15) is 38.9 Å². The van der Waals surface area contributed by atoms with Crippen LogP contribution in [0.3, 0.4) is 0 Å². The third kappa shape index (κ3) is 3.73. The largest absolute Gasteiger partial charge is 0.343 e. The summed E-state index contributed by atoms with van der Waals surface area (Å²) in [6.45, 7) is 7.33. The molecule has 1 amide bonds. The summed E-state index contributed by atoms with van der Waals surface area (Å²) < 4.78 is 1.94. The van der Waals surface area contributed by atoms with Crippen molar-refractivity contribution >= 4 is 17.2 Å². The maximum Gasteiger partial charge on any atom is 0.274 e. The number of nitrogens with zero attached hydrogens (tertiary/aromatic N) is 5. The summed E-state index contributed by atoms with van der Waals surface area (Å²) in [5.74, 6) is -0.0251. The van der Waals surface area contributed by atoms with Gasteiger partial charge in [-0.1, -0.05) is 6.08 Å². The maximum atomic E-state index is 12.6. The predicted octanol–water partition coefficient (Wildman–Crippen LogP) is 2.53. The number of aromatic nitrogens is 3. The molecule has 0 saturated heterocycles. The number of hydrogen-bond acceptors (Lipinski definition) is 5. The highest BCUT2D eigenvalue weighted by Gasteiger charge is 2.31. The summed E-state index contributed by atoms with van der Waals surface area (Å²) in [5, 5.41) is 7.84. The number of likely N-dealkylation sites (N-methyl/N-ethyl adjacent to an activating group) is 1. The van der Waals surface area contributed by atoms with Crippen molar-refractivity contribution in [3.05, 3.63) is 45.7 Å². The molecule has 0 aliphatic heterocycles. The first kappa shape index (κ1) is 18.8. The normalized spacial score (nSPS) is 16.6. The van der Waals surface area contributed by atoms with Crippen molar-refractivity contribution in [3.8, 4) is 0 Å².